The predicted octanol–water partition coefficient (Wildman–Crippen LogP) is 2.69. The molecule has 0 fully saturated rings. The highest BCUT2D eigenvalue weighted by Gasteiger charge is 2.33. The second-order valence-electron chi connectivity index (χ2n) is 6.49. The first kappa shape index (κ1) is 13.2. The van der Waals surface area contributed by atoms with Gasteiger partial charge in [0.05, 0.1) is 7.11 Å². The molecule has 0 saturated carbocycles. The Morgan fingerprint density at radius 3 is 2.61 bits per heavy atom. The molecule has 0 amide bonds. The normalized spacial score (nSPS) is 17.2. The maximum atomic E-state index is 6.09. The van der Waals surface area contributed by atoms with E-state index in [-0.39, 0.29) is 11.1 Å². The Labute approximate surface area is 109 Å². The lowest BCUT2D eigenvalue weighted by Gasteiger charge is -2.20. The Bertz CT molecular complexity index is 458. The van der Waals surface area contributed by atoms with Crippen molar-refractivity contribution in [1.82, 2.24) is 0 Å². The molecule has 0 aliphatic carbocycles. The fourth-order valence-corrected chi connectivity index (χ4v) is 2.52. The summed E-state index contributed by atoms with van der Waals surface area (Å²) in [5.74, 6) is 1.71. The third-order valence-corrected chi connectivity index (χ3v) is 3.07. The molecule has 0 spiro atoms. The Balaban J connectivity index is 2.38. The van der Waals surface area contributed by atoms with Gasteiger partial charge in [-0.15, -0.1) is 0 Å². The number of ether oxygens (including phenoxy) is 2. The third-order valence-electron chi connectivity index (χ3n) is 3.07. The molecule has 1 heterocycles. The van der Waals surface area contributed by atoms with E-state index in [1.54, 1.807) is 7.11 Å². The van der Waals surface area contributed by atoms with E-state index < -0.39 is 0 Å². The van der Waals surface area contributed by atoms with E-state index in [9.17, 15) is 0 Å². The topological polar surface area (TPSA) is 44.5 Å². The minimum Gasteiger partial charge on any atom is -0.493 e. The van der Waals surface area contributed by atoms with E-state index in [4.69, 9.17) is 15.2 Å². The Kier molecular flexibility index (Phi) is 3.06. The van der Waals surface area contributed by atoms with Gasteiger partial charge in [-0.3, -0.25) is 0 Å². The van der Waals surface area contributed by atoms with Gasteiger partial charge in [-0.05, 0) is 45.7 Å². The molecular weight excluding hydrogens is 226 g/mol. The summed E-state index contributed by atoms with van der Waals surface area (Å²) < 4.78 is 11.4. The van der Waals surface area contributed by atoms with Gasteiger partial charge in [0.2, 0.25) is 0 Å². The van der Waals surface area contributed by atoms with Crippen LogP contribution in [0.2, 0.25) is 0 Å². The quantitative estimate of drug-likeness (QED) is 0.895. The molecule has 1 aliphatic heterocycles. The van der Waals surface area contributed by atoms with Crippen LogP contribution in [-0.4, -0.2) is 18.2 Å². The highest BCUT2D eigenvalue weighted by Crippen LogP contribution is 2.42. The van der Waals surface area contributed by atoms with Crippen molar-refractivity contribution in [2.24, 2.45) is 5.73 Å². The van der Waals surface area contributed by atoms with Crippen LogP contribution in [0.15, 0.2) is 12.1 Å². The molecule has 0 saturated heterocycles. The van der Waals surface area contributed by atoms with E-state index in [1.807, 2.05) is 19.9 Å². The van der Waals surface area contributed by atoms with Crippen molar-refractivity contribution in [3.8, 4) is 11.5 Å². The average Bonchev–Trinajstić information content (AvgIpc) is 2.48. The average molecular weight is 249 g/mol. The lowest BCUT2D eigenvalue weighted by Crippen LogP contribution is -2.34. The molecule has 0 radical (unpaired) electrons. The number of benzene rings is 1. The van der Waals surface area contributed by atoms with E-state index in [2.05, 4.69) is 19.9 Å². The van der Waals surface area contributed by atoms with Crippen LogP contribution in [0.5, 0.6) is 11.5 Å². The number of hydrogen-bond donors (Lipinski definition) is 1. The molecule has 3 nitrogen and oxygen atoms in total. The fourth-order valence-electron chi connectivity index (χ4n) is 2.52. The molecule has 18 heavy (non-hydrogen) atoms. The number of fused-ring (bicyclic) bond motifs is 1. The molecule has 100 valence electrons. The van der Waals surface area contributed by atoms with E-state index in [1.165, 1.54) is 11.1 Å². The van der Waals surface area contributed by atoms with Gasteiger partial charge in [-0.1, -0.05) is 6.07 Å². The van der Waals surface area contributed by atoms with Gasteiger partial charge in [-0.2, -0.15) is 0 Å². The zero-order chi connectivity index (χ0) is 13.6. The number of methoxy groups -OCH3 is 1. The number of nitrogens with two attached hydrogens (primary N) is 1. The first-order valence-electron chi connectivity index (χ1n) is 6.38. The highest BCUT2D eigenvalue weighted by atomic mass is 16.5. The SMILES string of the molecule is COc1cc(CC(C)(C)N)cc2c1OC(C)(C)C2. The number of rotatable bonds is 3. The van der Waals surface area contributed by atoms with Crippen LogP contribution >= 0.6 is 0 Å². The minimum absolute atomic E-state index is 0.146. The van der Waals surface area contributed by atoms with Gasteiger partial charge < -0.3 is 15.2 Å². The second kappa shape index (κ2) is 4.16. The van der Waals surface area contributed by atoms with Gasteiger partial charge >= 0.3 is 0 Å². The molecule has 0 unspecified atom stereocenters. The maximum Gasteiger partial charge on any atom is 0.165 e. The third kappa shape index (κ3) is 2.78. The van der Waals surface area contributed by atoms with E-state index >= 15 is 0 Å². The molecule has 1 aromatic carbocycles. The van der Waals surface area contributed by atoms with Crippen LogP contribution in [0.3, 0.4) is 0 Å². The highest BCUT2D eigenvalue weighted by molar-refractivity contribution is 5.53. The van der Waals surface area contributed by atoms with Crippen LogP contribution in [0, 0.1) is 0 Å². The molecule has 1 aliphatic rings. The summed E-state index contributed by atoms with van der Waals surface area (Å²) in [5, 5.41) is 0. The Hall–Kier alpha value is -1.22. The van der Waals surface area contributed by atoms with Crippen molar-refractivity contribution in [1.29, 1.82) is 0 Å². The van der Waals surface area contributed by atoms with Crippen molar-refractivity contribution in [2.45, 2.75) is 51.7 Å². The van der Waals surface area contributed by atoms with Crippen LogP contribution in [0.25, 0.3) is 0 Å². The summed E-state index contributed by atoms with van der Waals surface area (Å²) in [6.45, 7) is 8.26. The van der Waals surface area contributed by atoms with Gasteiger partial charge in [0, 0.05) is 17.5 Å². The fraction of sp³-hybridized carbons (Fsp3) is 0.600. The van der Waals surface area contributed by atoms with Gasteiger partial charge in [0.15, 0.2) is 11.5 Å². The van der Waals surface area contributed by atoms with Gasteiger partial charge in [0.25, 0.3) is 0 Å². The summed E-state index contributed by atoms with van der Waals surface area (Å²) in [5.41, 5.74) is 8.15. The minimum atomic E-state index is -0.214. The summed E-state index contributed by atoms with van der Waals surface area (Å²) in [6, 6.07) is 4.23. The zero-order valence-corrected chi connectivity index (χ0v) is 12.0. The van der Waals surface area contributed by atoms with E-state index in [0.29, 0.717) is 0 Å². The molecule has 2 N–H and O–H groups in total. The molecule has 3 heteroatoms. The van der Waals surface area contributed by atoms with Crippen LogP contribution in [0.4, 0.5) is 0 Å². The monoisotopic (exact) mass is 249 g/mol. The van der Waals surface area contributed by atoms with Crippen LogP contribution in [0.1, 0.15) is 38.8 Å². The lowest BCUT2D eigenvalue weighted by molar-refractivity contribution is 0.134. The molecular formula is C15H23NO2. The summed E-state index contributed by atoms with van der Waals surface area (Å²) in [7, 11) is 1.68. The molecule has 0 aromatic heterocycles. The first-order valence-corrected chi connectivity index (χ1v) is 6.38. The second-order valence-corrected chi connectivity index (χ2v) is 6.49. The molecule has 0 atom stereocenters. The van der Waals surface area contributed by atoms with Crippen molar-refractivity contribution < 1.29 is 9.47 Å². The summed E-state index contributed by atoms with van der Waals surface area (Å²) in [4.78, 5) is 0. The molecule has 1 aromatic rings. The zero-order valence-electron chi connectivity index (χ0n) is 12.0. The standard InChI is InChI=1S/C15H23NO2/c1-14(2,16)8-10-6-11-9-15(3,4)18-13(11)12(7-10)17-5/h6-7H,8-9,16H2,1-5H3. The molecule has 2 rings (SSSR count). The van der Waals surface area contributed by atoms with Crippen molar-refractivity contribution in [2.75, 3.05) is 7.11 Å². The summed E-state index contributed by atoms with van der Waals surface area (Å²) >= 11 is 0. The lowest BCUT2D eigenvalue weighted by atomic mass is 9.93. The molecule has 0 bridgehead atoms. The summed E-state index contributed by atoms with van der Waals surface area (Å²) in [6.07, 6.45) is 1.74. The van der Waals surface area contributed by atoms with Gasteiger partial charge in [-0.25, -0.2) is 0 Å². The van der Waals surface area contributed by atoms with Crippen molar-refractivity contribution in [3.05, 3.63) is 23.3 Å². The Morgan fingerprint density at radius 1 is 1.39 bits per heavy atom. The maximum absolute atomic E-state index is 6.09. The largest absolute Gasteiger partial charge is 0.493 e. The first-order chi connectivity index (χ1) is 8.20. The van der Waals surface area contributed by atoms with Crippen LogP contribution < -0.4 is 15.2 Å². The number of hydrogen-bond acceptors (Lipinski definition) is 3. The smallest absolute Gasteiger partial charge is 0.165 e. The predicted molar refractivity (Wildman–Crippen MR) is 73.4 cm³/mol. The van der Waals surface area contributed by atoms with Gasteiger partial charge in [0.1, 0.15) is 5.60 Å². The van der Waals surface area contributed by atoms with Crippen molar-refractivity contribution in [3.63, 3.8) is 0 Å². The van der Waals surface area contributed by atoms with Crippen LogP contribution in [-0.2, 0) is 12.8 Å². The van der Waals surface area contributed by atoms with Crippen molar-refractivity contribution >= 4 is 0 Å². The Morgan fingerprint density at radius 2 is 2.06 bits per heavy atom. The van der Waals surface area contributed by atoms with E-state index in [0.717, 1.165) is 24.3 Å².